The van der Waals surface area contributed by atoms with Gasteiger partial charge in [-0.3, -0.25) is 4.79 Å². The van der Waals surface area contributed by atoms with E-state index in [0.717, 1.165) is 0 Å². The fourth-order valence-corrected chi connectivity index (χ4v) is 1.79. The Morgan fingerprint density at radius 2 is 2.10 bits per heavy atom. The zero-order chi connectivity index (χ0) is 14.5. The molecule has 1 aromatic heterocycles. The van der Waals surface area contributed by atoms with Crippen LogP contribution >= 0.6 is 0 Å². The normalized spacial score (nSPS) is 10.3. The van der Waals surface area contributed by atoms with Crippen molar-refractivity contribution in [1.82, 2.24) is 4.98 Å². The molecular weight excluding hydrogens is 262 g/mol. The molecule has 0 saturated carbocycles. The predicted molar refractivity (Wildman–Crippen MR) is 73.2 cm³/mol. The molecule has 0 unspecified atom stereocenters. The summed E-state index contributed by atoms with van der Waals surface area (Å²) in [7, 11) is 1.55. The maximum Gasteiger partial charge on any atom is 0.344 e. The lowest BCUT2D eigenvalue weighted by Crippen LogP contribution is -2.16. The van der Waals surface area contributed by atoms with Gasteiger partial charge in [-0.2, -0.15) is 0 Å². The molecule has 0 aliphatic carbocycles. The first-order chi connectivity index (χ1) is 9.63. The molecule has 2 rings (SSSR count). The second-order valence-corrected chi connectivity index (χ2v) is 4.00. The van der Waals surface area contributed by atoms with E-state index in [1.54, 1.807) is 32.2 Å². The Labute approximate surface area is 115 Å². The molecule has 0 aliphatic heterocycles. The van der Waals surface area contributed by atoms with Crippen molar-refractivity contribution in [2.24, 2.45) is 0 Å². The number of benzene rings is 1. The molecule has 1 aromatic carbocycles. The van der Waals surface area contributed by atoms with Crippen LogP contribution in [-0.4, -0.2) is 31.3 Å². The summed E-state index contributed by atoms with van der Waals surface area (Å²) in [6, 6.07) is 6.47. The third kappa shape index (κ3) is 3.09. The summed E-state index contributed by atoms with van der Waals surface area (Å²) in [5, 5.41) is 0.660. The van der Waals surface area contributed by atoms with Gasteiger partial charge in [0.2, 0.25) is 0 Å². The zero-order valence-electron chi connectivity index (χ0n) is 11.3. The van der Waals surface area contributed by atoms with E-state index in [1.807, 2.05) is 0 Å². The third-order valence-electron chi connectivity index (χ3n) is 2.66. The molecule has 0 bridgehead atoms. The van der Waals surface area contributed by atoms with Gasteiger partial charge in [0.05, 0.1) is 19.2 Å². The summed E-state index contributed by atoms with van der Waals surface area (Å²) >= 11 is 0. The van der Waals surface area contributed by atoms with E-state index >= 15 is 0 Å². The average Bonchev–Trinajstić information content (AvgIpc) is 2.44. The summed E-state index contributed by atoms with van der Waals surface area (Å²) in [5.74, 6) is 0.463. The Balaban J connectivity index is 2.35. The van der Waals surface area contributed by atoms with Gasteiger partial charge in [-0.25, -0.2) is 4.79 Å². The van der Waals surface area contributed by atoms with Gasteiger partial charge in [-0.15, -0.1) is 0 Å². The van der Waals surface area contributed by atoms with Crippen LogP contribution in [0.4, 0.5) is 0 Å². The van der Waals surface area contributed by atoms with Gasteiger partial charge in [-0.1, -0.05) is 0 Å². The number of carbonyl (C=O) groups excluding carboxylic acids is 1. The summed E-state index contributed by atoms with van der Waals surface area (Å²) in [4.78, 5) is 25.5. The number of aromatic amines is 1. The highest BCUT2D eigenvalue weighted by Crippen LogP contribution is 2.26. The van der Waals surface area contributed by atoms with Crippen molar-refractivity contribution in [1.29, 1.82) is 0 Å². The molecule has 1 N–H and O–H groups in total. The van der Waals surface area contributed by atoms with Crippen LogP contribution in [0.2, 0.25) is 0 Å². The molecule has 0 aliphatic rings. The van der Waals surface area contributed by atoms with Crippen molar-refractivity contribution in [3.05, 3.63) is 34.6 Å². The topological polar surface area (TPSA) is 77.6 Å². The molecular formula is C14H15NO5. The minimum absolute atomic E-state index is 0.246. The molecule has 0 spiro atoms. The number of pyridine rings is 1. The first-order valence-electron chi connectivity index (χ1n) is 6.13. The van der Waals surface area contributed by atoms with Gasteiger partial charge in [0.1, 0.15) is 11.5 Å². The van der Waals surface area contributed by atoms with Crippen LogP contribution < -0.4 is 15.0 Å². The van der Waals surface area contributed by atoms with E-state index in [-0.39, 0.29) is 18.8 Å². The van der Waals surface area contributed by atoms with Crippen LogP contribution in [0, 0.1) is 0 Å². The maximum absolute atomic E-state index is 11.5. The summed E-state index contributed by atoms with van der Waals surface area (Å²) in [6.07, 6.45) is 0. The smallest absolute Gasteiger partial charge is 0.344 e. The number of hydrogen-bond acceptors (Lipinski definition) is 5. The fourth-order valence-electron chi connectivity index (χ4n) is 1.79. The molecule has 1 heterocycles. The number of aromatic nitrogens is 1. The number of hydrogen-bond donors (Lipinski definition) is 1. The monoisotopic (exact) mass is 277 g/mol. The lowest BCUT2D eigenvalue weighted by molar-refractivity contribution is -0.145. The highest BCUT2D eigenvalue weighted by atomic mass is 16.6. The lowest BCUT2D eigenvalue weighted by atomic mass is 10.2. The second-order valence-electron chi connectivity index (χ2n) is 4.00. The Bertz CT molecular complexity index is 677. The Kier molecular flexibility index (Phi) is 4.24. The standard InChI is InChI=1S/C14H15NO5/c1-3-19-14(17)8-20-12-7-13(16)15-11-5-4-9(18-2)6-10(11)12/h4-7H,3,8H2,1-2H3,(H,15,16). The minimum Gasteiger partial charge on any atom is -0.497 e. The zero-order valence-corrected chi connectivity index (χ0v) is 11.3. The number of ether oxygens (including phenoxy) is 3. The number of rotatable bonds is 5. The molecule has 20 heavy (non-hydrogen) atoms. The Hall–Kier alpha value is -2.50. The van der Waals surface area contributed by atoms with Crippen LogP contribution in [0.5, 0.6) is 11.5 Å². The number of H-pyrrole nitrogens is 1. The van der Waals surface area contributed by atoms with Gasteiger partial charge in [0, 0.05) is 11.5 Å². The molecule has 0 saturated heterocycles. The Morgan fingerprint density at radius 3 is 2.80 bits per heavy atom. The van der Waals surface area contributed by atoms with E-state index in [1.165, 1.54) is 6.07 Å². The van der Waals surface area contributed by atoms with E-state index in [9.17, 15) is 9.59 Å². The number of esters is 1. The van der Waals surface area contributed by atoms with Crippen molar-refractivity contribution in [3.63, 3.8) is 0 Å². The van der Waals surface area contributed by atoms with Gasteiger partial charge < -0.3 is 19.2 Å². The fraction of sp³-hybridized carbons (Fsp3) is 0.286. The number of carbonyl (C=O) groups is 1. The first kappa shape index (κ1) is 13.9. The average molecular weight is 277 g/mol. The van der Waals surface area contributed by atoms with Crippen LogP contribution in [0.1, 0.15) is 6.92 Å². The quantitative estimate of drug-likeness (QED) is 0.837. The lowest BCUT2D eigenvalue weighted by Gasteiger charge is -2.09. The summed E-state index contributed by atoms with van der Waals surface area (Å²) in [5.41, 5.74) is 0.304. The SMILES string of the molecule is CCOC(=O)COc1cc(=O)[nH]c2ccc(OC)cc12. The van der Waals surface area contributed by atoms with Crippen LogP contribution in [-0.2, 0) is 9.53 Å². The maximum atomic E-state index is 11.5. The Morgan fingerprint density at radius 1 is 1.30 bits per heavy atom. The van der Waals surface area contributed by atoms with Crippen LogP contribution in [0.15, 0.2) is 29.1 Å². The molecule has 0 radical (unpaired) electrons. The molecule has 0 fully saturated rings. The highest BCUT2D eigenvalue weighted by molar-refractivity contribution is 5.86. The van der Waals surface area contributed by atoms with E-state index < -0.39 is 5.97 Å². The van der Waals surface area contributed by atoms with Gasteiger partial charge >= 0.3 is 5.97 Å². The number of fused-ring (bicyclic) bond motifs is 1. The summed E-state index contributed by atoms with van der Waals surface area (Å²) in [6.45, 7) is 1.75. The van der Waals surface area contributed by atoms with Crippen molar-refractivity contribution < 1.29 is 19.0 Å². The van der Waals surface area contributed by atoms with Crippen molar-refractivity contribution >= 4 is 16.9 Å². The molecule has 0 amide bonds. The third-order valence-corrected chi connectivity index (χ3v) is 2.66. The van der Waals surface area contributed by atoms with Gasteiger partial charge in [0.15, 0.2) is 6.61 Å². The van der Waals surface area contributed by atoms with Crippen molar-refractivity contribution in [2.75, 3.05) is 20.3 Å². The molecule has 6 nitrogen and oxygen atoms in total. The molecule has 6 heteroatoms. The van der Waals surface area contributed by atoms with E-state index in [0.29, 0.717) is 22.4 Å². The first-order valence-corrected chi connectivity index (χ1v) is 6.13. The van der Waals surface area contributed by atoms with E-state index in [2.05, 4.69) is 4.98 Å². The molecule has 0 atom stereocenters. The van der Waals surface area contributed by atoms with Gasteiger partial charge in [-0.05, 0) is 25.1 Å². The largest absolute Gasteiger partial charge is 0.497 e. The molecule has 106 valence electrons. The minimum atomic E-state index is -0.483. The van der Waals surface area contributed by atoms with Crippen LogP contribution in [0.3, 0.4) is 0 Å². The number of nitrogens with one attached hydrogen (secondary N) is 1. The second kappa shape index (κ2) is 6.10. The predicted octanol–water partition coefficient (Wildman–Crippen LogP) is 1.48. The van der Waals surface area contributed by atoms with Crippen molar-refractivity contribution in [3.8, 4) is 11.5 Å². The van der Waals surface area contributed by atoms with E-state index in [4.69, 9.17) is 14.2 Å². The van der Waals surface area contributed by atoms with Crippen molar-refractivity contribution in [2.45, 2.75) is 6.92 Å². The molecule has 2 aromatic rings. The van der Waals surface area contributed by atoms with Crippen LogP contribution in [0.25, 0.3) is 10.9 Å². The summed E-state index contributed by atoms with van der Waals surface area (Å²) < 4.78 is 15.3. The highest BCUT2D eigenvalue weighted by Gasteiger charge is 2.09. The number of methoxy groups -OCH3 is 1. The van der Waals surface area contributed by atoms with Gasteiger partial charge in [0.25, 0.3) is 5.56 Å².